The average Bonchev–Trinajstić information content (AvgIpc) is 2.27. The molecule has 2 amide bonds. The van der Waals surface area contributed by atoms with Gasteiger partial charge in [0.1, 0.15) is 11.6 Å². The molecule has 2 rings (SSSR count). The Morgan fingerprint density at radius 2 is 1.94 bits per heavy atom. The fourth-order valence-corrected chi connectivity index (χ4v) is 2.58. The third kappa shape index (κ3) is 2.44. The third-order valence-corrected chi connectivity index (χ3v) is 3.58. The van der Waals surface area contributed by atoms with Crippen LogP contribution in [0.4, 0.5) is 0 Å². The first-order valence-electron chi connectivity index (χ1n) is 6.37. The molecule has 1 atom stereocenters. The van der Waals surface area contributed by atoms with Gasteiger partial charge < -0.3 is 16.0 Å². The van der Waals surface area contributed by atoms with Crippen LogP contribution in [0.1, 0.15) is 33.1 Å². The first-order valence-corrected chi connectivity index (χ1v) is 6.37. The number of carbonyl (C=O) groups is 2. The summed E-state index contributed by atoms with van der Waals surface area (Å²) >= 11 is 0. The molecule has 2 saturated heterocycles. The summed E-state index contributed by atoms with van der Waals surface area (Å²) < 4.78 is 0. The third-order valence-electron chi connectivity index (χ3n) is 3.58. The Labute approximate surface area is 102 Å². The van der Waals surface area contributed by atoms with Gasteiger partial charge in [0.15, 0.2) is 0 Å². The second kappa shape index (κ2) is 4.64. The van der Waals surface area contributed by atoms with Gasteiger partial charge in [0.05, 0.1) is 0 Å². The zero-order chi connectivity index (χ0) is 12.5. The van der Waals surface area contributed by atoms with E-state index in [4.69, 9.17) is 0 Å². The highest BCUT2D eigenvalue weighted by Crippen LogP contribution is 2.23. The van der Waals surface area contributed by atoms with Crippen LogP contribution in [-0.4, -0.2) is 36.5 Å². The van der Waals surface area contributed by atoms with Crippen LogP contribution in [0.5, 0.6) is 0 Å². The number of rotatable bonds is 2. The summed E-state index contributed by atoms with van der Waals surface area (Å²) in [4.78, 5) is 24.2. The molecule has 3 N–H and O–H groups in total. The van der Waals surface area contributed by atoms with Crippen LogP contribution in [0, 0.1) is 5.92 Å². The van der Waals surface area contributed by atoms with Gasteiger partial charge in [-0.15, -0.1) is 0 Å². The molecule has 2 aliphatic rings. The van der Waals surface area contributed by atoms with Gasteiger partial charge in [0, 0.05) is 0 Å². The second-order valence-corrected chi connectivity index (χ2v) is 5.48. The number of piperidine rings is 1. The highest BCUT2D eigenvalue weighted by molar-refractivity contribution is 5.99. The number of hydrogen-bond acceptors (Lipinski definition) is 3. The number of nitrogens with one attached hydrogen (secondary N) is 3. The summed E-state index contributed by atoms with van der Waals surface area (Å²) in [7, 11) is 0. The average molecular weight is 239 g/mol. The molecule has 2 heterocycles. The van der Waals surface area contributed by atoms with Crippen molar-refractivity contribution < 1.29 is 9.59 Å². The van der Waals surface area contributed by atoms with E-state index in [1.807, 2.05) is 13.8 Å². The predicted octanol–water partition coefficient (Wildman–Crippen LogP) is -0.231. The van der Waals surface area contributed by atoms with Gasteiger partial charge in [-0.25, -0.2) is 0 Å². The number of amides is 2. The normalized spacial score (nSPS) is 28.1. The SMILES string of the molecule is CC(C)CC1NC(=O)C2(CCNCC2)NC1=O. The fraction of sp³-hybridized carbons (Fsp3) is 0.833. The maximum atomic E-state index is 12.2. The van der Waals surface area contributed by atoms with Crippen LogP contribution < -0.4 is 16.0 Å². The van der Waals surface area contributed by atoms with E-state index in [0.717, 1.165) is 13.1 Å². The van der Waals surface area contributed by atoms with Crippen molar-refractivity contribution in [3.8, 4) is 0 Å². The first-order chi connectivity index (χ1) is 8.03. The smallest absolute Gasteiger partial charge is 0.246 e. The minimum absolute atomic E-state index is 0.00995. The van der Waals surface area contributed by atoms with Crippen molar-refractivity contribution in [2.75, 3.05) is 13.1 Å². The maximum Gasteiger partial charge on any atom is 0.246 e. The van der Waals surface area contributed by atoms with Crippen molar-refractivity contribution in [1.82, 2.24) is 16.0 Å². The van der Waals surface area contributed by atoms with E-state index in [-0.39, 0.29) is 17.9 Å². The first kappa shape index (κ1) is 12.4. The van der Waals surface area contributed by atoms with Gasteiger partial charge in [-0.2, -0.15) is 0 Å². The second-order valence-electron chi connectivity index (χ2n) is 5.48. The maximum absolute atomic E-state index is 12.2. The van der Waals surface area contributed by atoms with Crippen LogP contribution in [0.25, 0.3) is 0 Å². The Balaban J connectivity index is 2.06. The lowest BCUT2D eigenvalue weighted by Crippen LogP contribution is -2.71. The summed E-state index contributed by atoms with van der Waals surface area (Å²) in [6.07, 6.45) is 2.06. The van der Waals surface area contributed by atoms with E-state index < -0.39 is 5.54 Å². The van der Waals surface area contributed by atoms with E-state index in [0.29, 0.717) is 25.2 Å². The Hall–Kier alpha value is -1.10. The molecule has 1 unspecified atom stereocenters. The molecule has 0 saturated carbocycles. The molecule has 0 aromatic heterocycles. The highest BCUT2D eigenvalue weighted by Gasteiger charge is 2.46. The molecule has 2 fully saturated rings. The highest BCUT2D eigenvalue weighted by atomic mass is 16.2. The number of carbonyl (C=O) groups excluding carboxylic acids is 2. The van der Waals surface area contributed by atoms with E-state index in [1.54, 1.807) is 0 Å². The van der Waals surface area contributed by atoms with E-state index in [9.17, 15) is 9.59 Å². The Kier molecular flexibility index (Phi) is 3.38. The molecular weight excluding hydrogens is 218 g/mol. The lowest BCUT2D eigenvalue weighted by molar-refractivity contribution is -0.143. The Morgan fingerprint density at radius 3 is 2.53 bits per heavy atom. The summed E-state index contributed by atoms with van der Waals surface area (Å²) in [6.45, 7) is 5.66. The van der Waals surface area contributed by atoms with Gasteiger partial charge in [-0.3, -0.25) is 9.59 Å². The van der Waals surface area contributed by atoms with Crippen molar-refractivity contribution >= 4 is 11.8 Å². The Bertz CT molecular complexity index is 322. The van der Waals surface area contributed by atoms with Crippen LogP contribution in [0.15, 0.2) is 0 Å². The monoisotopic (exact) mass is 239 g/mol. The van der Waals surface area contributed by atoms with Gasteiger partial charge >= 0.3 is 0 Å². The van der Waals surface area contributed by atoms with E-state index in [1.165, 1.54) is 0 Å². The number of piperazine rings is 1. The van der Waals surface area contributed by atoms with Gasteiger partial charge in [-0.1, -0.05) is 13.8 Å². The lowest BCUT2D eigenvalue weighted by Gasteiger charge is -2.42. The molecule has 0 aliphatic carbocycles. The molecule has 0 bridgehead atoms. The fourth-order valence-electron chi connectivity index (χ4n) is 2.58. The van der Waals surface area contributed by atoms with Crippen LogP contribution in [0.2, 0.25) is 0 Å². The van der Waals surface area contributed by atoms with Crippen LogP contribution >= 0.6 is 0 Å². The van der Waals surface area contributed by atoms with Crippen molar-refractivity contribution in [2.24, 2.45) is 5.92 Å². The predicted molar refractivity (Wildman–Crippen MR) is 64.4 cm³/mol. The molecule has 5 nitrogen and oxygen atoms in total. The summed E-state index contributed by atoms with van der Waals surface area (Å²) in [5, 5.41) is 9.03. The summed E-state index contributed by atoms with van der Waals surface area (Å²) in [5.74, 6) is 0.359. The van der Waals surface area contributed by atoms with Crippen molar-refractivity contribution in [3.63, 3.8) is 0 Å². The summed E-state index contributed by atoms with van der Waals surface area (Å²) in [5.41, 5.74) is -0.657. The van der Waals surface area contributed by atoms with Crippen molar-refractivity contribution in [3.05, 3.63) is 0 Å². The lowest BCUT2D eigenvalue weighted by atomic mass is 9.84. The molecule has 0 aromatic rings. The largest absolute Gasteiger partial charge is 0.342 e. The molecule has 0 radical (unpaired) electrons. The standard InChI is InChI=1S/C12H21N3O2/c1-8(2)7-9-10(16)15-12(11(17)14-9)3-5-13-6-4-12/h8-9,13H,3-7H2,1-2H3,(H,14,17)(H,15,16). The van der Waals surface area contributed by atoms with E-state index in [2.05, 4.69) is 16.0 Å². The van der Waals surface area contributed by atoms with E-state index >= 15 is 0 Å². The van der Waals surface area contributed by atoms with Crippen molar-refractivity contribution in [2.45, 2.75) is 44.7 Å². The topological polar surface area (TPSA) is 70.2 Å². The molecule has 1 spiro atoms. The molecule has 5 heteroatoms. The molecule has 96 valence electrons. The minimum Gasteiger partial charge on any atom is -0.342 e. The van der Waals surface area contributed by atoms with Gasteiger partial charge in [-0.05, 0) is 38.3 Å². The summed E-state index contributed by atoms with van der Waals surface area (Å²) in [6, 6.07) is -0.358. The number of hydrogen-bond donors (Lipinski definition) is 3. The van der Waals surface area contributed by atoms with Crippen LogP contribution in [-0.2, 0) is 9.59 Å². The zero-order valence-electron chi connectivity index (χ0n) is 10.5. The van der Waals surface area contributed by atoms with Gasteiger partial charge in [0.25, 0.3) is 0 Å². The molecular formula is C12H21N3O2. The minimum atomic E-state index is -0.657. The van der Waals surface area contributed by atoms with Crippen molar-refractivity contribution in [1.29, 1.82) is 0 Å². The molecule has 2 aliphatic heterocycles. The molecule has 0 aromatic carbocycles. The van der Waals surface area contributed by atoms with Gasteiger partial charge in [0.2, 0.25) is 11.8 Å². The zero-order valence-corrected chi connectivity index (χ0v) is 10.5. The van der Waals surface area contributed by atoms with Crippen LogP contribution in [0.3, 0.4) is 0 Å². The molecule has 17 heavy (non-hydrogen) atoms. The quantitative estimate of drug-likeness (QED) is 0.623. The Morgan fingerprint density at radius 1 is 1.29 bits per heavy atom.